The number of carbonyl (C=O) groups is 2. The number of piperidine rings is 1. The van der Waals surface area contributed by atoms with Gasteiger partial charge in [0.1, 0.15) is 5.82 Å². The minimum atomic E-state index is -0.320. The van der Waals surface area contributed by atoms with Gasteiger partial charge in [-0.05, 0) is 80.4 Å². The molecule has 7 heteroatoms. The predicted molar refractivity (Wildman–Crippen MR) is 145 cm³/mol. The second kappa shape index (κ2) is 11.0. The van der Waals surface area contributed by atoms with Crippen molar-refractivity contribution in [2.45, 2.75) is 38.8 Å². The van der Waals surface area contributed by atoms with E-state index >= 15 is 0 Å². The summed E-state index contributed by atoms with van der Waals surface area (Å²) in [5.41, 5.74) is 5.27. The van der Waals surface area contributed by atoms with Crippen LogP contribution in [-0.2, 0) is 11.3 Å². The summed E-state index contributed by atoms with van der Waals surface area (Å²) in [4.78, 5) is 27.9. The minimum Gasteiger partial charge on any atom is -0.361 e. The molecule has 0 aliphatic carbocycles. The molecule has 1 saturated heterocycles. The highest BCUT2D eigenvalue weighted by atomic mass is 19.1. The molecule has 3 aromatic carbocycles. The summed E-state index contributed by atoms with van der Waals surface area (Å²) in [6.07, 6.45) is 5.59. The Morgan fingerprint density at radius 1 is 1.03 bits per heavy atom. The average molecular weight is 499 g/mol. The Morgan fingerprint density at radius 2 is 1.76 bits per heavy atom. The van der Waals surface area contributed by atoms with Gasteiger partial charge < -0.3 is 16.0 Å². The summed E-state index contributed by atoms with van der Waals surface area (Å²) in [5.74, 6) is -0.810. The Labute approximate surface area is 216 Å². The van der Waals surface area contributed by atoms with Crippen LogP contribution in [0.5, 0.6) is 0 Å². The monoisotopic (exact) mass is 498 g/mol. The van der Waals surface area contributed by atoms with Crippen molar-refractivity contribution in [1.29, 1.82) is 0 Å². The molecule has 2 aliphatic heterocycles. The molecule has 0 saturated carbocycles. The highest BCUT2D eigenvalue weighted by Gasteiger charge is 2.25. The van der Waals surface area contributed by atoms with Crippen molar-refractivity contribution in [2.75, 3.05) is 23.7 Å². The van der Waals surface area contributed by atoms with E-state index in [4.69, 9.17) is 0 Å². The molecule has 37 heavy (non-hydrogen) atoms. The summed E-state index contributed by atoms with van der Waals surface area (Å²) in [6.45, 7) is 5.14. The SMILES string of the molecule is C[C@H](NC(=O)c1ccc2c(c1)NC(=O)C2=CNc1ccc(CN2CCCCC2)cc1)c1ccc(F)cc1. The van der Waals surface area contributed by atoms with Crippen LogP contribution >= 0.6 is 0 Å². The Bertz CT molecular complexity index is 1310. The molecular formula is C30H31FN4O2. The smallest absolute Gasteiger partial charge is 0.257 e. The largest absolute Gasteiger partial charge is 0.361 e. The van der Waals surface area contributed by atoms with Gasteiger partial charge in [0.05, 0.1) is 11.6 Å². The lowest BCUT2D eigenvalue weighted by Gasteiger charge is -2.26. The van der Waals surface area contributed by atoms with Crippen molar-refractivity contribution in [3.8, 4) is 0 Å². The molecule has 190 valence electrons. The molecule has 0 bridgehead atoms. The number of nitrogens with one attached hydrogen (secondary N) is 3. The number of anilines is 2. The van der Waals surface area contributed by atoms with Crippen molar-refractivity contribution >= 4 is 28.8 Å². The van der Waals surface area contributed by atoms with Crippen LogP contribution in [0, 0.1) is 5.82 Å². The van der Waals surface area contributed by atoms with Gasteiger partial charge in [0.2, 0.25) is 0 Å². The van der Waals surface area contributed by atoms with Crippen LogP contribution in [0.1, 0.15) is 59.3 Å². The van der Waals surface area contributed by atoms with Gasteiger partial charge in [-0.2, -0.15) is 0 Å². The molecule has 5 rings (SSSR count). The van der Waals surface area contributed by atoms with Gasteiger partial charge in [-0.15, -0.1) is 0 Å². The number of benzene rings is 3. The Morgan fingerprint density at radius 3 is 2.49 bits per heavy atom. The number of hydrogen-bond donors (Lipinski definition) is 3. The summed E-state index contributed by atoms with van der Waals surface area (Å²) in [5, 5.41) is 9.00. The molecule has 3 N–H and O–H groups in total. The number of rotatable bonds is 7. The highest BCUT2D eigenvalue weighted by molar-refractivity contribution is 6.32. The maximum Gasteiger partial charge on any atom is 0.257 e. The molecule has 1 atom stereocenters. The Hall–Kier alpha value is -3.97. The molecular weight excluding hydrogens is 467 g/mol. The van der Waals surface area contributed by atoms with Crippen LogP contribution in [0.4, 0.5) is 15.8 Å². The maximum absolute atomic E-state index is 13.2. The minimum absolute atomic E-state index is 0.221. The van der Waals surface area contributed by atoms with Gasteiger partial charge in [0, 0.05) is 35.2 Å². The van der Waals surface area contributed by atoms with Crippen LogP contribution in [-0.4, -0.2) is 29.8 Å². The van der Waals surface area contributed by atoms with Gasteiger partial charge in [-0.25, -0.2) is 4.39 Å². The van der Waals surface area contributed by atoms with Crippen molar-refractivity contribution < 1.29 is 14.0 Å². The van der Waals surface area contributed by atoms with E-state index in [-0.39, 0.29) is 23.7 Å². The van der Waals surface area contributed by atoms with E-state index in [1.165, 1.54) is 37.0 Å². The van der Waals surface area contributed by atoms with Crippen LogP contribution < -0.4 is 16.0 Å². The van der Waals surface area contributed by atoms with Gasteiger partial charge in [-0.3, -0.25) is 14.5 Å². The van der Waals surface area contributed by atoms with Crippen molar-refractivity contribution in [1.82, 2.24) is 10.2 Å². The third kappa shape index (κ3) is 5.89. The normalized spacial score (nSPS) is 17.2. The molecule has 0 radical (unpaired) electrons. The number of halogens is 1. The lowest BCUT2D eigenvalue weighted by Crippen LogP contribution is -2.29. The third-order valence-corrected chi connectivity index (χ3v) is 6.97. The van der Waals surface area contributed by atoms with E-state index in [1.54, 1.807) is 36.5 Å². The zero-order valence-electron chi connectivity index (χ0n) is 20.9. The number of amides is 2. The second-order valence-electron chi connectivity index (χ2n) is 9.70. The molecule has 0 aromatic heterocycles. The lowest BCUT2D eigenvalue weighted by molar-refractivity contribution is -0.110. The molecule has 0 unspecified atom stereocenters. The van der Waals surface area contributed by atoms with E-state index in [9.17, 15) is 14.0 Å². The molecule has 2 heterocycles. The van der Waals surface area contributed by atoms with E-state index in [0.717, 1.165) is 36.4 Å². The molecule has 3 aromatic rings. The Kier molecular flexibility index (Phi) is 7.32. The summed E-state index contributed by atoms with van der Waals surface area (Å²) >= 11 is 0. The van der Waals surface area contributed by atoms with E-state index in [0.29, 0.717) is 16.8 Å². The number of hydrogen-bond acceptors (Lipinski definition) is 4. The third-order valence-electron chi connectivity index (χ3n) is 6.97. The Balaban J connectivity index is 1.23. The van der Waals surface area contributed by atoms with E-state index in [2.05, 4.69) is 33.0 Å². The molecule has 1 fully saturated rings. The van der Waals surface area contributed by atoms with Gasteiger partial charge in [0.25, 0.3) is 11.8 Å². The average Bonchev–Trinajstić information content (AvgIpc) is 3.23. The lowest BCUT2D eigenvalue weighted by atomic mass is 10.0. The molecule has 2 aliphatic rings. The van der Waals surface area contributed by atoms with Crippen molar-refractivity contribution in [3.05, 3.63) is 101 Å². The standard InChI is InChI=1S/C30H31FN4O2/c1-20(22-7-10-24(31)11-8-22)33-29(36)23-9-14-26-27(30(37)34-28(26)17-23)18-32-25-12-5-21(6-13-25)19-35-15-3-2-4-16-35/h5-14,17-18,20,32H,2-4,15-16,19H2,1H3,(H,33,36)(H,34,37)/t20-/m0/s1. The first kappa shape index (κ1) is 24.7. The number of carbonyl (C=O) groups excluding carboxylic acids is 2. The topological polar surface area (TPSA) is 73.5 Å². The van der Waals surface area contributed by atoms with Crippen LogP contribution in [0.2, 0.25) is 0 Å². The summed E-state index contributed by atoms with van der Waals surface area (Å²) < 4.78 is 13.2. The molecule has 2 amide bonds. The molecule has 0 spiro atoms. The summed E-state index contributed by atoms with van der Waals surface area (Å²) in [6, 6.07) is 19.2. The fraction of sp³-hybridized carbons (Fsp3) is 0.267. The van der Waals surface area contributed by atoms with Crippen molar-refractivity contribution in [2.24, 2.45) is 0 Å². The first-order valence-electron chi connectivity index (χ1n) is 12.8. The van der Waals surface area contributed by atoms with Gasteiger partial charge in [0.15, 0.2) is 0 Å². The highest BCUT2D eigenvalue weighted by Crippen LogP contribution is 2.32. The molecule has 6 nitrogen and oxygen atoms in total. The van der Waals surface area contributed by atoms with Crippen LogP contribution in [0.25, 0.3) is 5.57 Å². The van der Waals surface area contributed by atoms with Gasteiger partial charge in [-0.1, -0.05) is 36.8 Å². The first-order valence-corrected chi connectivity index (χ1v) is 12.8. The first-order chi connectivity index (χ1) is 18.0. The number of nitrogens with zero attached hydrogens (tertiary/aromatic N) is 1. The zero-order valence-corrected chi connectivity index (χ0v) is 20.9. The van der Waals surface area contributed by atoms with Crippen LogP contribution in [0.15, 0.2) is 72.9 Å². The quantitative estimate of drug-likeness (QED) is 0.365. The predicted octanol–water partition coefficient (Wildman–Crippen LogP) is 5.71. The number of fused-ring (bicyclic) bond motifs is 1. The summed E-state index contributed by atoms with van der Waals surface area (Å²) in [7, 11) is 0. The second-order valence-corrected chi connectivity index (χ2v) is 9.70. The van der Waals surface area contributed by atoms with E-state index < -0.39 is 0 Å². The maximum atomic E-state index is 13.2. The fourth-order valence-corrected chi connectivity index (χ4v) is 4.83. The van der Waals surface area contributed by atoms with Crippen molar-refractivity contribution in [3.63, 3.8) is 0 Å². The van der Waals surface area contributed by atoms with Gasteiger partial charge >= 0.3 is 0 Å². The number of likely N-dealkylation sites (tertiary alicyclic amines) is 1. The zero-order chi connectivity index (χ0) is 25.8. The van der Waals surface area contributed by atoms with Crippen LogP contribution in [0.3, 0.4) is 0 Å². The van der Waals surface area contributed by atoms with E-state index in [1.807, 2.05) is 19.1 Å². The fourth-order valence-electron chi connectivity index (χ4n) is 4.83.